The van der Waals surface area contributed by atoms with E-state index >= 15 is 0 Å². The number of hydrogen-bond donors (Lipinski definition) is 1. The maximum Gasteiger partial charge on any atom is 0.241 e. The summed E-state index contributed by atoms with van der Waals surface area (Å²) in [4.78, 5) is 0.311. The first kappa shape index (κ1) is 13.8. The fourth-order valence-corrected chi connectivity index (χ4v) is 3.43. The molecule has 1 aromatic heterocycles. The van der Waals surface area contributed by atoms with E-state index < -0.39 is 16.1 Å². The van der Waals surface area contributed by atoms with Crippen LogP contribution in [0.1, 0.15) is 29.9 Å². The van der Waals surface area contributed by atoms with Crippen molar-refractivity contribution in [2.24, 2.45) is 0 Å². The number of hydrogen-bond acceptors (Lipinski definition) is 3. The Kier molecular flexibility index (Phi) is 3.78. The molecule has 1 N–H and O–H groups in total. The summed E-state index contributed by atoms with van der Waals surface area (Å²) in [6.07, 6.45) is 1.53. The average Bonchev–Trinajstić information content (AvgIpc) is 2.85. The van der Waals surface area contributed by atoms with Crippen LogP contribution in [0.15, 0.2) is 45.9 Å². The normalized spacial score (nSPS) is 13.4. The van der Waals surface area contributed by atoms with Gasteiger partial charge in [-0.15, -0.1) is 0 Å². The molecular formula is C14H17NO3S. The molecule has 102 valence electrons. The molecule has 0 aliphatic carbocycles. The Balaban J connectivity index is 2.30. The van der Waals surface area contributed by atoms with Crippen molar-refractivity contribution in [2.45, 2.75) is 31.7 Å². The van der Waals surface area contributed by atoms with Crippen molar-refractivity contribution in [1.82, 2.24) is 4.72 Å². The summed E-state index contributed by atoms with van der Waals surface area (Å²) in [6.45, 7) is 5.40. The van der Waals surface area contributed by atoms with E-state index in [4.69, 9.17) is 4.42 Å². The smallest absolute Gasteiger partial charge is 0.241 e. The van der Waals surface area contributed by atoms with Gasteiger partial charge in [0.25, 0.3) is 0 Å². The minimum Gasteiger partial charge on any atom is -0.468 e. The first-order chi connectivity index (χ1) is 8.90. The summed E-state index contributed by atoms with van der Waals surface area (Å²) < 4.78 is 32.5. The highest BCUT2D eigenvalue weighted by Crippen LogP contribution is 2.20. The van der Waals surface area contributed by atoms with Crippen molar-refractivity contribution in [1.29, 1.82) is 0 Å². The van der Waals surface area contributed by atoms with Gasteiger partial charge in [-0.05, 0) is 50.1 Å². The van der Waals surface area contributed by atoms with Crippen LogP contribution in [0.5, 0.6) is 0 Å². The van der Waals surface area contributed by atoms with Gasteiger partial charge in [0.1, 0.15) is 5.76 Å². The SMILES string of the molecule is Cc1ccc(C)c(S(=O)(=O)NC(C)c2ccco2)c1. The molecule has 2 rings (SSSR count). The second kappa shape index (κ2) is 5.19. The summed E-state index contributed by atoms with van der Waals surface area (Å²) in [5.41, 5.74) is 1.64. The van der Waals surface area contributed by atoms with E-state index in [0.717, 1.165) is 11.1 Å². The van der Waals surface area contributed by atoms with Gasteiger partial charge in [-0.1, -0.05) is 12.1 Å². The van der Waals surface area contributed by atoms with Crippen LogP contribution in [0.25, 0.3) is 0 Å². The Morgan fingerprint density at radius 3 is 2.58 bits per heavy atom. The van der Waals surface area contributed by atoms with E-state index in [1.54, 1.807) is 38.1 Å². The molecule has 19 heavy (non-hydrogen) atoms. The third kappa shape index (κ3) is 3.05. The number of rotatable bonds is 4. The van der Waals surface area contributed by atoms with E-state index in [-0.39, 0.29) is 0 Å². The Bertz CT molecular complexity index is 660. The van der Waals surface area contributed by atoms with Gasteiger partial charge in [-0.2, -0.15) is 0 Å². The predicted octanol–water partition coefficient (Wildman–Crippen LogP) is 2.94. The fraction of sp³-hybridized carbons (Fsp3) is 0.286. The first-order valence-corrected chi connectivity index (χ1v) is 7.51. The van der Waals surface area contributed by atoms with E-state index in [2.05, 4.69) is 4.72 Å². The summed E-state index contributed by atoms with van der Waals surface area (Å²) in [5.74, 6) is 0.592. The molecule has 0 amide bonds. The van der Waals surface area contributed by atoms with Gasteiger partial charge in [-0.25, -0.2) is 13.1 Å². The van der Waals surface area contributed by atoms with E-state index in [0.29, 0.717) is 10.7 Å². The number of sulfonamides is 1. The first-order valence-electron chi connectivity index (χ1n) is 6.03. The van der Waals surface area contributed by atoms with E-state index in [9.17, 15) is 8.42 Å². The second-order valence-corrected chi connectivity index (χ2v) is 6.31. The Morgan fingerprint density at radius 1 is 1.21 bits per heavy atom. The summed E-state index contributed by atoms with van der Waals surface area (Å²) in [7, 11) is -3.55. The van der Waals surface area contributed by atoms with Gasteiger partial charge >= 0.3 is 0 Å². The molecule has 1 atom stereocenters. The molecular weight excluding hydrogens is 262 g/mol. The zero-order chi connectivity index (χ0) is 14.0. The second-order valence-electron chi connectivity index (χ2n) is 4.63. The van der Waals surface area contributed by atoms with Crippen LogP contribution >= 0.6 is 0 Å². The molecule has 0 saturated heterocycles. The van der Waals surface area contributed by atoms with Crippen LogP contribution in [0.4, 0.5) is 0 Å². The fourth-order valence-electron chi connectivity index (χ4n) is 1.89. The minimum atomic E-state index is -3.55. The topological polar surface area (TPSA) is 59.3 Å². The molecule has 0 spiro atoms. The van der Waals surface area contributed by atoms with Crippen LogP contribution < -0.4 is 4.72 Å². The van der Waals surface area contributed by atoms with Crippen LogP contribution in [-0.2, 0) is 10.0 Å². The third-order valence-corrected chi connectivity index (χ3v) is 4.62. The summed E-state index contributed by atoms with van der Waals surface area (Å²) >= 11 is 0. The Labute approximate surface area is 113 Å². The molecule has 0 aliphatic heterocycles. The van der Waals surface area contributed by atoms with Gasteiger partial charge < -0.3 is 4.42 Å². The monoisotopic (exact) mass is 279 g/mol. The Morgan fingerprint density at radius 2 is 1.95 bits per heavy atom. The molecule has 4 nitrogen and oxygen atoms in total. The third-order valence-electron chi connectivity index (χ3n) is 2.94. The summed E-state index contributed by atoms with van der Waals surface area (Å²) in [5, 5.41) is 0. The Hall–Kier alpha value is -1.59. The van der Waals surface area contributed by atoms with Gasteiger partial charge in [0, 0.05) is 0 Å². The van der Waals surface area contributed by atoms with Crippen LogP contribution in [-0.4, -0.2) is 8.42 Å². The van der Waals surface area contributed by atoms with Crippen LogP contribution in [0, 0.1) is 13.8 Å². The van der Waals surface area contributed by atoms with Crippen LogP contribution in [0.3, 0.4) is 0 Å². The lowest BCUT2D eigenvalue weighted by atomic mass is 10.2. The van der Waals surface area contributed by atoms with Gasteiger partial charge in [-0.3, -0.25) is 0 Å². The molecule has 1 unspecified atom stereocenters. The highest BCUT2D eigenvalue weighted by Gasteiger charge is 2.21. The van der Waals surface area contributed by atoms with Crippen molar-refractivity contribution in [2.75, 3.05) is 0 Å². The molecule has 0 bridgehead atoms. The van der Waals surface area contributed by atoms with Crippen molar-refractivity contribution in [3.63, 3.8) is 0 Å². The highest BCUT2D eigenvalue weighted by molar-refractivity contribution is 7.89. The van der Waals surface area contributed by atoms with Crippen molar-refractivity contribution in [3.05, 3.63) is 53.5 Å². The largest absolute Gasteiger partial charge is 0.468 e. The molecule has 5 heteroatoms. The van der Waals surface area contributed by atoms with Crippen LogP contribution in [0.2, 0.25) is 0 Å². The number of furan rings is 1. The zero-order valence-corrected chi connectivity index (χ0v) is 12.0. The lowest BCUT2D eigenvalue weighted by Crippen LogP contribution is -2.27. The van der Waals surface area contributed by atoms with Gasteiger partial charge in [0.15, 0.2) is 0 Å². The molecule has 1 aromatic carbocycles. The van der Waals surface area contributed by atoms with E-state index in [1.165, 1.54) is 6.26 Å². The van der Waals surface area contributed by atoms with Crippen molar-refractivity contribution in [3.8, 4) is 0 Å². The quantitative estimate of drug-likeness (QED) is 0.936. The maximum atomic E-state index is 12.4. The van der Waals surface area contributed by atoms with Crippen molar-refractivity contribution < 1.29 is 12.8 Å². The average molecular weight is 279 g/mol. The lowest BCUT2D eigenvalue weighted by Gasteiger charge is -2.14. The molecule has 0 saturated carbocycles. The lowest BCUT2D eigenvalue weighted by molar-refractivity contribution is 0.459. The molecule has 2 aromatic rings. The van der Waals surface area contributed by atoms with Gasteiger partial charge in [0.05, 0.1) is 17.2 Å². The zero-order valence-electron chi connectivity index (χ0n) is 11.2. The van der Waals surface area contributed by atoms with Crippen molar-refractivity contribution >= 4 is 10.0 Å². The molecule has 0 radical (unpaired) electrons. The van der Waals surface area contributed by atoms with E-state index in [1.807, 2.05) is 13.0 Å². The number of aryl methyl sites for hydroxylation is 2. The molecule has 0 fully saturated rings. The van der Waals surface area contributed by atoms with Gasteiger partial charge in [0.2, 0.25) is 10.0 Å². The standard InChI is InChI=1S/C14H17NO3S/c1-10-6-7-11(2)14(9-10)19(16,17)15-12(3)13-5-4-8-18-13/h4-9,12,15H,1-3H3. The maximum absolute atomic E-state index is 12.4. The molecule has 0 aliphatic rings. The highest BCUT2D eigenvalue weighted by atomic mass is 32.2. The molecule has 1 heterocycles. The summed E-state index contributed by atoms with van der Waals surface area (Å²) in [6, 6.07) is 8.45. The number of nitrogens with one attached hydrogen (secondary N) is 1. The number of benzene rings is 1. The predicted molar refractivity (Wildman–Crippen MR) is 73.4 cm³/mol. The minimum absolute atomic E-state index is 0.311.